The summed E-state index contributed by atoms with van der Waals surface area (Å²) in [6.45, 7) is 3.25. The highest BCUT2D eigenvalue weighted by Gasteiger charge is 2.22. The number of carbonyl (C=O) groups excluding carboxylic acids is 1. The number of hydrogen-bond acceptors (Lipinski definition) is 2. The van der Waals surface area contributed by atoms with E-state index in [1.807, 2.05) is 0 Å². The molecule has 0 aromatic rings. The summed E-state index contributed by atoms with van der Waals surface area (Å²) in [6, 6.07) is 0. The average Bonchev–Trinajstić information content (AvgIpc) is 1.58. The van der Waals surface area contributed by atoms with E-state index in [-0.39, 0.29) is 12.1 Å². The maximum Gasteiger partial charge on any atom is 0.225 e. The first kappa shape index (κ1) is 4.30. The van der Waals surface area contributed by atoms with Crippen molar-refractivity contribution in [1.29, 1.82) is 0 Å². The van der Waals surface area contributed by atoms with Gasteiger partial charge in [-0.25, -0.2) is 0 Å². The van der Waals surface area contributed by atoms with Gasteiger partial charge < -0.3 is 5.32 Å². The highest BCUT2D eigenvalue weighted by molar-refractivity contribution is 5.82. The number of carbonyl (C=O) groups is 1. The van der Waals surface area contributed by atoms with Gasteiger partial charge in [0.1, 0.15) is 6.17 Å². The summed E-state index contributed by atoms with van der Waals surface area (Å²) >= 11 is 0. The molecule has 0 unspecified atom stereocenters. The zero-order chi connectivity index (χ0) is 5.28. The Morgan fingerprint density at radius 2 is 2.57 bits per heavy atom. The van der Waals surface area contributed by atoms with Crippen molar-refractivity contribution >= 4 is 12.6 Å². The van der Waals surface area contributed by atoms with E-state index in [0.29, 0.717) is 6.42 Å². The van der Waals surface area contributed by atoms with E-state index in [4.69, 9.17) is 0 Å². The van der Waals surface area contributed by atoms with Crippen LogP contribution in [0.15, 0.2) is 4.99 Å². The lowest BCUT2D eigenvalue weighted by molar-refractivity contribution is -0.127. The fraction of sp³-hybridized carbons (Fsp3) is 0.500. The third kappa shape index (κ3) is 0.607. The van der Waals surface area contributed by atoms with Gasteiger partial charge in [-0.05, 0) is 6.72 Å². The van der Waals surface area contributed by atoms with Gasteiger partial charge in [0, 0.05) is 0 Å². The topological polar surface area (TPSA) is 41.5 Å². The van der Waals surface area contributed by atoms with Crippen LogP contribution in [0, 0.1) is 0 Å². The molecule has 1 heterocycles. The molecule has 1 rings (SSSR count). The van der Waals surface area contributed by atoms with Crippen LogP contribution in [0.2, 0.25) is 0 Å². The first-order chi connectivity index (χ1) is 3.33. The Hall–Kier alpha value is -0.860. The molecule has 1 atom stereocenters. The molecule has 0 aliphatic carbocycles. The SMILES string of the molecule is C=N[C@H]1CC(=O)N1. The lowest BCUT2D eigenvalue weighted by atomic mass is 10.2. The molecule has 1 N–H and O–H groups in total. The van der Waals surface area contributed by atoms with Crippen LogP contribution in [0.1, 0.15) is 6.42 Å². The van der Waals surface area contributed by atoms with E-state index in [0.717, 1.165) is 0 Å². The molecule has 0 aromatic carbocycles. The summed E-state index contributed by atoms with van der Waals surface area (Å²) in [6.07, 6.45) is 0.524. The molecular formula is C4H6N2O. The Bertz CT molecular complexity index is 102. The zero-order valence-corrected chi connectivity index (χ0v) is 3.85. The summed E-state index contributed by atoms with van der Waals surface area (Å²) in [7, 11) is 0. The number of rotatable bonds is 1. The highest BCUT2D eigenvalue weighted by atomic mass is 16.2. The fourth-order valence-electron chi connectivity index (χ4n) is 0.450. The van der Waals surface area contributed by atoms with E-state index in [2.05, 4.69) is 17.0 Å². The average molecular weight is 98.1 g/mol. The van der Waals surface area contributed by atoms with Gasteiger partial charge in [0.2, 0.25) is 5.91 Å². The van der Waals surface area contributed by atoms with Gasteiger partial charge in [-0.1, -0.05) is 0 Å². The molecule has 3 heteroatoms. The lowest BCUT2D eigenvalue weighted by Crippen LogP contribution is -2.46. The van der Waals surface area contributed by atoms with Crippen molar-refractivity contribution in [3.63, 3.8) is 0 Å². The minimum atomic E-state index is 0.00694. The maximum absolute atomic E-state index is 10.1. The molecule has 3 nitrogen and oxygen atoms in total. The standard InChI is InChI=1S/C4H6N2O/c1-5-3-2-4(7)6-3/h3H,1-2H2,(H,6,7)/t3-/m1/s1. The second-order valence-electron chi connectivity index (χ2n) is 1.47. The van der Waals surface area contributed by atoms with Crippen molar-refractivity contribution in [2.75, 3.05) is 0 Å². The van der Waals surface area contributed by atoms with Crippen LogP contribution in [0.3, 0.4) is 0 Å². The summed E-state index contributed by atoms with van der Waals surface area (Å²) in [5.41, 5.74) is 0. The van der Waals surface area contributed by atoms with Crippen LogP contribution >= 0.6 is 0 Å². The predicted molar refractivity (Wildman–Crippen MR) is 26.1 cm³/mol. The van der Waals surface area contributed by atoms with Gasteiger partial charge >= 0.3 is 0 Å². The van der Waals surface area contributed by atoms with Crippen molar-refractivity contribution in [1.82, 2.24) is 5.32 Å². The van der Waals surface area contributed by atoms with Crippen molar-refractivity contribution in [3.8, 4) is 0 Å². The predicted octanol–water partition coefficient (Wildman–Crippen LogP) is -0.467. The molecule has 0 spiro atoms. The lowest BCUT2D eigenvalue weighted by Gasteiger charge is -2.21. The zero-order valence-electron chi connectivity index (χ0n) is 3.85. The molecule has 7 heavy (non-hydrogen) atoms. The minimum absolute atomic E-state index is 0.00694. The molecule has 1 saturated heterocycles. The monoisotopic (exact) mass is 98.0 g/mol. The van der Waals surface area contributed by atoms with Crippen LogP contribution < -0.4 is 5.32 Å². The first-order valence-corrected chi connectivity index (χ1v) is 2.08. The fourth-order valence-corrected chi connectivity index (χ4v) is 0.450. The second-order valence-corrected chi connectivity index (χ2v) is 1.47. The molecular weight excluding hydrogens is 92.1 g/mol. The number of hydrogen-bond donors (Lipinski definition) is 1. The number of nitrogens with zero attached hydrogens (tertiary/aromatic N) is 1. The van der Waals surface area contributed by atoms with Gasteiger partial charge in [0.15, 0.2) is 0 Å². The largest absolute Gasteiger partial charge is 0.334 e. The summed E-state index contributed by atoms with van der Waals surface area (Å²) in [5.74, 6) is 0.0670. The molecule has 38 valence electrons. The summed E-state index contributed by atoms with van der Waals surface area (Å²) in [5, 5.41) is 2.52. The van der Waals surface area contributed by atoms with Gasteiger partial charge in [-0.2, -0.15) is 0 Å². The van der Waals surface area contributed by atoms with E-state index in [9.17, 15) is 4.79 Å². The normalized spacial score (nSPS) is 28.0. The number of amides is 1. The van der Waals surface area contributed by atoms with Gasteiger partial charge in [-0.15, -0.1) is 0 Å². The maximum atomic E-state index is 10.1. The van der Waals surface area contributed by atoms with E-state index >= 15 is 0 Å². The van der Waals surface area contributed by atoms with Gasteiger partial charge in [0.05, 0.1) is 6.42 Å². The molecule has 0 saturated carbocycles. The Balaban J connectivity index is 2.29. The molecule has 0 bridgehead atoms. The Morgan fingerprint density at radius 1 is 2.00 bits per heavy atom. The molecule has 1 aliphatic rings. The van der Waals surface area contributed by atoms with Gasteiger partial charge in [-0.3, -0.25) is 9.79 Å². The van der Waals surface area contributed by atoms with Crippen LogP contribution in [0.5, 0.6) is 0 Å². The molecule has 1 amide bonds. The Morgan fingerprint density at radius 3 is 2.71 bits per heavy atom. The smallest absolute Gasteiger partial charge is 0.225 e. The van der Waals surface area contributed by atoms with Crippen LogP contribution in [-0.4, -0.2) is 18.8 Å². The van der Waals surface area contributed by atoms with Crippen LogP contribution in [-0.2, 0) is 4.79 Å². The Labute approximate surface area is 41.4 Å². The summed E-state index contributed by atoms with van der Waals surface area (Å²) < 4.78 is 0. The number of nitrogens with one attached hydrogen (secondary N) is 1. The Kier molecular flexibility index (Phi) is 0.817. The number of aliphatic imine (C=N–C) groups is 1. The van der Waals surface area contributed by atoms with Crippen LogP contribution in [0.4, 0.5) is 0 Å². The van der Waals surface area contributed by atoms with Crippen molar-refractivity contribution in [3.05, 3.63) is 0 Å². The first-order valence-electron chi connectivity index (χ1n) is 2.08. The molecule has 1 fully saturated rings. The van der Waals surface area contributed by atoms with E-state index in [1.165, 1.54) is 0 Å². The van der Waals surface area contributed by atoms with Crippen LogP contribution in [0.25, 0.3) is 0 Å². The summed E-state index contributed by atoms with van der Waals surface area (Å²) in [4.78, 5) is 13.6. The highest BCUT2D eigenvalue weighted by Crippen LogP contribution is 2.02. The third-order valence-electron chi connectivity index (χ3n) is 0.927. The van der Waals surface area contributed by atoms with E-state index < -0.39 is 0 Å². The number of β-lactam (4-membered cyclic amide) rings is 1. The molecule has 1 aliphatic heterocycles. The van der Waals surface area contributed by atoms with Gasteiger partial charge in [0.25, 0.3) is 0 Å². The second kappa shape index (κ2) is 1.33. The molecule has 0 radical (unpaired) electrons. The third-order valence-corrected chi connectivity index (χ3v) is 0.927. The van der Waals surface area contributed by atoms with E-state index in [1.54, 1.807) is 0 Å². The van der Waals surface area contributed by atoms with Crippen molar-refractivity contribution in [2.24, 2.45) is 4.99 Å². The minimum Gasteiger partial charge on any atom is -0.334 e. The quantitative estimate of drug-likeness (QED) is 0.349. The van der Waals surface area contributed by atoms with Crippen molar-refractivity contribution in [2.45, 2.75) is 12.6 Å². The van der Waals surface area contributed by atoms with Crippen molar-refractivity contribution < 1.29 is 4.79 Å². The molecule has 0 aromatic heterocycles.